The van der Waals surface area contributed by atoms with Crippen LogP contribution in [0.3, 0.4) is 0 Å². The van der Waals surface area contributed by atoms with Crippen molar-refractivity contribution < 1.29 is 34.6 Å². The molecule has 0 amide bonds. The number of para-hydroxylation sites is 4. The second kappa shape index (κ2) is 15.0. The van der Waals surface area contributed by atoms with Gasteiger partial charge in [0.05, 0.1) is 58.0 Å². The van der Waals surface area contributed by atoms with Gasteiger partial charge in [-0.05, 0) is 104 Å². The molecule has 13 aromatic rings. The van der Waals surface area contributed by atoms with Crippen molar-refractivity contribution in [1.82, 2.24) is 4.57 Å². The van der Waals surface area contributed by atoms with Gasteiger partial charge in [0, 0.05) is 38.7 Å². The SMILES string of the molecule is [2H]c1c([2H])c(N(c2c([2H])c([2H])c(-c3c([2H])c([2H])c([2H])c4c([2H])c([2H])c([2H])c([2H])c34)c([2H])c2[2H])c2ccc(-c3ccccc3-n3c4ccccc4c4ccccc43)c3oc4ccccc4c23)c([2H])c([2H])c1-c1c([2H])c([2H])c([2H])c2c([2H])c([2H])c([2H])c([2H])c12. The second-order valence-corrected chi connectivity index (χ2v) is 15.1. The van der Waals surface area contributed by atoms with Crippen molar-refractivity contribution in [3.63, 3.8) is 0 Å². The maximum absolute atomic E-state index is 10.0. The fourth-order valence-electron chi connectivity index (χ4n) is 8.73. The smallest absolute Gasteiger partial charge is 0.145 e. The molecule has 304 valence electrons. The lowest BCUT2D eigenvalue weighted by atomic mass is 9.96. The van der Waals surface area contributed by atoms with Gasteiger partial charge in [0.15, 0.2) is 0 Å². The van der Waals surface area contributed by atoms with Gasteiger partial charge in [0.2, 0.25) is 0 Å². The zero-order chi connectivity index (χ0) is 62.0. The van der Waals surface area contributed by atoms with E-state index in [0.29, 0.717) is 27.8 Å². The molecular formula is C62H40N2O. The van der Waals surface area contributed by atoms with Gasteiger partial charge in [-0.3, -0.25) is 0 Å². The lowest BCUT2D eigenvalue weighted by Crippen LogP contribution is -2.10. The highest BCUT2D eigenvalue weighted by atomic mass is 16.3. The van der Waals surface area contributed by atoms with Crippen molar-refractivity contribution in [3.05, 3.63) is 242 Å². The molecule has 2 aromatic heterocycles. The average molecular weight is 851 g/mol. The molecule has 0 aliphatic heterocycles. The topological polar surface area (TPSA) is 21.3 Å². The van der Waals surface area contributed by atoms with E-state index in [9.17, 15) is 11.0 Å². The van der Waals surface area contributed by atoms with Crippen LogP contribution in [-0.4, -0.2) is 4.57 Å². The van der Waals surface area contributed by atoms with Gasteiger partial charge in [-0.25, -0.2) is 0 Å². The molecule has 0 N–H and O–H groups in total. The summed E-state index contributed by atoms with van der Waals surface area (Å²) < 4.78 is 211. The molecule has 0 radical (unpaired) electrons. The highest BCUT2D eigenvalue weighted by molar-refractivity contribution is 6.18. The van der Waals surface area contributed by atoms with E-state index >= 15 is 0 Å². The van der Waals surface area contributed by atoms with Crippen LogP contribution in [0.5, 0.6) is 0 Å². The van der Waals surface area contributed by atoms with Crippen LogP contribution >= 0.6 is 0 Å². The third kappa shape index (κ3) is 5.97. The predicted molar refractivity (Wildman–Crippen MR) is 274 cm³/mol. The van der Waals surface area contributed by atoms with E-state index in [0.717, 1.165) is 26.7 Å². The minimum absolute atomic E-state index is 0.101. The number of benzene rings is 11. The highest BCUT2D eigenvalue weighted by Gasteiger charge is 2.24. The van der Waals surface area contributed by atoms with Crippen LogP contribution in [-0.2, 0) is 0 Å². The number of nitrogens with zero attached hydrogens (tertiary/aromatic N) is 2. The fraction of sp³-hybridized carbons (Fsp3) is 0. The maximum atomic E-state index is 10.0. The molecule has 0 atom stereocenters. The summed E-state index contributed by atoms with van der Waals surface area (Å²) in [6.07, 6.45) is 0. The Kier molecular flexibility index (Phi) is 4.88. The molecule has 0 aliphatic rings. The van der Waals surface area contributed by atoms with Crippen LogP contribution in [0, 0.1) is 0 Å². The number of anilines is 3. The molecule has 3 heteroatoms. The Balaban J connectivity index is 1.16. The second-order valence-electron chi connectivity index (χ2n) is 15.1. The van der Waals surface area contributed by atoms with E-state index in [1.54, 1.807) is 30.3 Å². The van der Waals surface area contributed by atoms with Crippen LogP contribution < -0.4 is 4.90 Å². The van der Waals surface area contributed by atoms with E-state index < -0.39 is 188 Å². The van der Waals surface area contributed by atoms with E-state index in [1.165, 1.54) is 6.07 Å². The standard InChI is InChI=1S/C62H40N2O/c1-3-19-47-41(15-1)17-13-25-49(47)43-31-35-45(36-32-43)63(46-37-33-44(34-38-46)50-26-14-18-42-16-2-4-20-48(42)50)59-40-39-54(62-61(59)55-24-8-12-30-60(55)65-62)53-23-7-11-29-58(53)64-56-27-9-5-21-51(56)52-22-6-10-28-57(52)64/h1-40H/i1D,2D,3D,4D,13D,14D,15D,16D,17D,18D,19D,20D,25D,26D,31D,32D,33D,34D,35D,36D,37D,38D. The Morgan fingerprint density at radius 1 is 0.385 bits per heavy atom. The van der Waals surface area contributed by atoms with Gasteiger partial charge in [0.25, 0.3) is 0 Å². The summed E-state index contributed by atoms with van der Waals surface area (Å²) in [7, 11) is 0. The first kappa shape index (κ1) is 21.1. The van der Waals surface area contributed by atoms with Crippen LogP contribution in [0.15, 0.2) is 247 Å². The summed E-state index contributed by atoms with van der Waals surface area (Å²) in [6, 6.07) is 14.5. The minimum atomic E-state index is -0.955. The quantitative estimate of drug-likeness (QED) is 0.159. The summed E-state index contributed by atoms with van der Waals surface area (Å²) in [6.45, 7) is 0. The summed E-state index contributed by atoms with van der Waals surface area (Å²) in [5, 5.41) is 0.441. The van der Waals surface area contributed by atoms with Crippen LogP contribution in [0.1, 0.15) is 30.2 Å². The largest absolute Gasteiger partial charge is 0.455 e. The van der Waals surface area contributed by atoms with E-state index in [4.69, 9.17) is 23.6 Å². The molecule has 65 heavy (non-hydrogen) atoms. The number of aromatic nitrogens is 1. The molecule has 2 heterocycles. The van der Waals surface area contributed by atoms with Crippen molar-refractivity contribution in [2.45, 2.75) is 0 Å². The third-order valence-electron chi connectivity index (χ3n) is 11.6. The molecule has 0 fully saturated rings. The fourth-order valence-corrected chi connectivity index (χ4v) is 8.73. The first-order valence-corrected chi connectivity index (χ1v) is 20.5. The number of fused-ring (bicyclic) bond motifs is 8. The monoisotopic (exact) mass is 850 g/mol. The molecule has 13 rings (SSSR count). The molecule has 11 aromatic carbocycles. The summed E-state index contributed by atoms with van der Waals surface area (Å²) >= 11 is 0. The van der Waals surface area contributed by atoms with E-state index in [2.05, 4.69) is 4.57 Å². The lowest BCUT2D eigenvalue weighted by molar-refractivity contribution is 0.670. The highest BCUT2D eigenvalue weighted by Crippen LogP contribution is 2.48. The van der Waals surface area contributed by atoms with Crippen LogP contribution in [0.2, 0.25) is 0 Å². The lowest BCUT2D eigenvalue weighted by Gasteiger charge is -2.27. The number of rotatable bonds is 7. The van der Waals surface area contributed by atoms with Crippen molar-refractivity contribution in [1.29, 1.82) is 0 Å². The maximum Gasteiger partial charge on any atom is 0.145 e. The summed E-state index contributed by atoms with van der Waals surface area (Å²) in [5.74, 6) is 0. The first-order valence-electron chi connectivity index (χ1n) is 31.5. The molecule has 0 unspecified atom stereocenters. The molecule has 0 aliphatic carbocycles. The molecule has 0 spiro atoms. The van der Waals surface area contributed by atoms with Gasteiger partial charge >= 0.3 is 0 Å². The molecule has 0 saturated carbocycles. The Hall–Kier alpha value is -8.66. The summed E-state index contributed by atoms with van der Waals surface area (Å²) in [5.41, 5.74) is -0.143. The third-order valence-corrected chi connectivity index (χ3v) is 11.6. The van der Waals surface area contributed by atoms with E-state index in [-0.39, 0.29) is 16.7 Å². The van der Waals surface area contributed by atoms with Gasteiger partial charge < -0.3 is 13.9 Å². The minimum Gasteiger partial charge on any atom is -0.455 e. The van der Waals surface area contributed by atoms with Crippen molar-refractivity contribution in [2.75, 3.05) is 4.90 Å². The molecule has 3 nitrogen and oxygen atoms in total. The van der Waals surface area contributed by atoms with Crippen molar-refractivity contribution >= 4 is 82.4 Å². The van der Waals surface area contributed by atoms with Gasteiger partial charge in [-0.15, -0.1) is 0 Å². The van der Waals surface area contributed by atoms with Crippen molar-refractivity contribution in [2.24, 2.45) is 0 Å². The molecular weight excluding hydrogens is 789 g/mol. The Labute approximate surface area is 407 Å². The summed E-state index contributed by atoms with van der Waals surface area (Å²) in [4.78, 5) is 0.991. The van der Waals surface area contributed by atoms with Crippen molar-refractivity contribution in [3.8, 4) is 39.1 Å². The number of hydrogen-bond donors (Lipinski definition) is 0. The number of hydrogen-bond acceptors (Lipinski definition) is 2. The first-order chi connectivity index (χ1) is 41.4. The number of furan rings is 1. The van der Waals surface area contributed by atoms with Gasteiger partial charge in [-0.2, -0.15) is 0 Å². The van der Waals surface area contributed by atoms with Gasteiger partial charge in [-0.1, -0.05) is 182 Å². The van der Waals surface area contributed by atoms with Crippen LogP contribution in [0.4, 0.5) is 17.1 Å². The normalized spacial score (nSPS) is 16.4. The molecule has 0 saturated heterocycles. The van der Waals surface area contributed by atoms with Crippen LogP contribution in [0.25, 0.3) is 104 Å². The zero-order valence-electron chi connectivity index (χ0n) is 55.7. The Bertz CT molecular complexity index is 4970. The Morgan fingerprint density at radius 3 is 1.51 bits per heavy atom. The van der Waals surface area contributed by atoms with Gasteiger partial charge in [0.1, 0.15) is 11.2 Å². The van der Waals surface area contributed by atoms with E-state index in [1.807, 2.05) is 72.8 Å². The molecule has 0 bridgehead atoms. The Morgan fingerprint density at radius 2 is 0.892 bits per heavy atom. The zero-order valence-corrected chi connectivity index (χ0v) is 33.7. The average Bonchev–Trinajstić information content (AvgIpc) is 1.38. The predicted octanol–water partition coefficient (Wildman–Crippen LogP) is 17.5.